The molecule has 4 rings (SSSR count). The molecule has 0 radical (unpaired) electrons. The Morgan fingerprint density at radius 2 is 1.73 bits per heavy atom. The van der Waals surface area contributed by atoms with Gasteiger partial charge in [-0.15, -0.1) is 0 Å². The number of carbonyl (C=O) groups is 1. The Hall–Kier alpha value is -2.83. The van der Waals surface area contributed by atoms with E-state index in [9.17, 15) is 13.2 Å². The van der Waals surface area contributed by atoms with Crippen LogP contribution in [0.2, 0.25) is 5.02 Å². The summed E-state index contributed by atoms with van der Waals surface area (Å²) >= 11 is 6.10. The smallest absolute Gasteiger partial charge is 0.261 e. The molecule has 0 aliphatic carbocycles. The fraction of sp³-hybridized carbons (Fsp3) is 0.174. The summed E-state index contributed by atoms with van der Waals surface area (Å²) in [6.45, 7) is 4.34. The molecule has 3 aromatic rings. The lowest BCUT2D eigenvalue weighted by atomic mass is 10.1. The number of rotatable bonds is 4. The van der Waals surface area contributed by atoms with E-state index in [0.717, 1.165) is 22.4 Å². The van der Waals surface area contributed by atoms with Crippen molar-refractivity contribution in [2.24, 2.45) is 0 Å². The number of hydrogen-bond donors (Lipinski definition) is 1. The Kier molecular flexibility index (Phi) is 5.30. The summed E-state index contributed by atoms with van der Waals surface area (Å²) in [7, 11) is -3.77. The number of anilines is 2. The van der Waals surface area contributed by atoms with Crippen molar-refractivity contribution in [2.45, 2.75) is 25.2 Å². The highest BCUT2D eigenvalue weighted by Crippen LogP contribution is 2.32. The van der Waals surface area contributed by atoms with Crippen LogP contribution in [0.4, 0.5) is 11.4 Å². The van der Waals surface area contributed by atoms with Crippen molar-refractivity contribution in [1.82, 2.24) is 0 Å². The Balaban J connectivity index is 1.59. The van der Waals surface area contributed by atoms with Gasteiger partial charge < -0.3 is 4.90 Å². The molecule has 0 unspecified atom stereocenters. The van der Waals surface area contributed by atoms with Crippen molar-refractivity contribution in [3.63, 3.8) is 0 Å². The topological polar surface area (TPSA) is 66.5 Å². The first-order chi connectivity index (χ1) is 14.2. The summed E-state index contributed by atoms with van der Waals surface area (Å²) in [5, 5.41) is 0.495. The van der Waals surface area contributed by atoms with Crippen LogP contribution in [0.5, 0.6) is 0 Å². The molecule has 1 heterocycles. The maximum Gasteiger partial charge on any atom is 0.261 e. The average molecular weight is 441 g/mol. The van der Waals surface area contributed by atoms with Crippen LogP contribution in [-0.2, 0) is 16.4 Å². The number of halogens is 1. The van der Waals surface area contributed by atoms with Crippen LogP contribution in [0.1, 0.15) is 27.0 Å². The molecule has 0 bridgehead atoms. The highest BCUT2D eigenvalue weighted by atomic mass is 35.5. The van der Waals surface area contributed by atoms with Crippen LogP contribution >= 0.6 is 11.6 Å². The minimum atomic E-state index is -3.77. The second-order valence-corrected chi connectivity index (χ2v) is 9.52. The summed E-state index contributed by atoms with van der Waals surface area (Å²) in [5.41, 5.74) is 4.56. The van der Waals surface area contributed by atoms with Crippen LogP contribution in [0, 0.1) is 13.8 Å². The Labute approximate surface area is 181 Å². The number of hydrogen-bond acceptors (Lipinski definition) is 3. The van der Waals surface area contributed by atoms with Gasteiger partial charge in [0.1, 0.15) is 0 Å². The van der Waals surface area contributed by atoms with E-state index in [1.807, 2.05) is 38.1 Å². The predicted molar refractivity (Wildman–Crippen MR) is 120 cm³/mol. The third kappa shape index (κ3) is 3.93. The summed E-state index contributed by atoms with van der Waals surface area (Å²) in [6.07, 6.45) is 0.604. The van der Waals surface area contributed by atoms with Gasteiger partial charge in [-0.05, 0) is 73.9 Å². The number of benzene rings is 3. The normalized spacial score (nSPS) is 13.2. The lowest BCUT2D eigenvalue weighted by Crippen LogP contribution is -2.28. The van der Waals surface area contributed by atoms with Gasteiger partial charge in [-0.3, -0.25) is 9.52 Å². The largest absolute Gasteiger partial charge is 0.308 e. The van der Waals surface area contributed by atoms with E-state index in [4.69, 9.17) is 11.6 Å². The van der Waals surface area contributed by atoms with Crippen LogP contribution in [0.3, 0.4) is 0 Å². The molecule has 0 saturated heterocycles. The van der Waals surface area contributed by atoms with E-state index in [1.54, 1.807) is 35.2 Å². The zero-order chi connectivity index (χ0) is 21.5. The maximum absolute atomic E-state index is 12.9. The van der Waals surface area contributed by atoms with Crippen molar-refractivity contribution in [1.29, 1.82) is 0 Å². The van der Waals surface area contributed by atoms with Gasteiger partial charge in [-0.1, -0.05) is 35.4 Å². The number of sulfonamides is 1. The predicted octanol–water partition coefficient (Wildman–Crippen LogP) is 4.96. The van der Waals surface area contributed by atoms with Gasteiger partial charge in [0, 0.05) is 22.8 Å². The second-order valence-electron chi connectivity index (χ2n) is 7.43. The van der Waals surface area contributed by atoms with Crippen molar-refractivity contribution < 1.29 is 13.2 Å². The third-order valence-corrected chi connectivity index (χ3v) is 7.01. The van der Waals surface area contributed by atoms with Crippen molar-refractivity contribution >= 4 is 38.9 Å². The molecule has 7 heteroatoms. The monoisotopic (exact) mass is 440 g/mol. The van der Waals surface area contributed by atoms with Crippen LogP contribution < -0.4 is 9.62 Å². The second kappa shape index (κ2) is 7.78. The number of carbonyl (C=O) groups excluding carboxylic acids is 1. The molecule has 154 valence electrons. The molecular weight excluding hydrogens is 420 g/mol. The molecule has 0 saturated carbocycles. The fourth-order valence-corrected chi connectivity index (χ4v) is 4.76. The minimum Gasteiger partial charge on any atom is -0.308 e. The van der Waals surface area contributed by atoms with Gasteiger partial charge >= 0.3 is 0 Å². The van der Waals surface area contributed by atoms with Gasteiger partial charge in [0.05, 0.1) is 10.6 Å². The molecule has 0 spiro atoms. The number of fused-ring (bicyclic) bond motifs is 1. The van der Waals surface area contributed by atoms with Gasteiger partial charge in [0.25, 0.3) is 15.9 Å². The maximum atomic E-state index is 12.9. The zero-order valence-corrected chi connectivity index (χ0v) is 18.2. The fourth-order valence-electron chi connectivity index (χ4n) is 3.48. The molecule has 0 aromatic heterocycles. The summed E-state index contributed by atoms with van der Waals surface area (Å²) in [5.74, 6) is -0.0863. The number of aryl methyl sites for hydroxylation is 2. The average Bonchev–Trinajstić information content (AvgIpc) is 3.14. The molecular formula is C23H21ClN2O3S. The van der Waals surface area contributed by atoms with E-state index in [2.05, 4.69) is 4.72 Å². The molecule has 5 nitrogen and oxygen atoms in total. The number of nitrogens with one attached hydrogen (secondary N) is 1. The first-order valence-electron chi connectivity index (χ1n) is 9.55. The molecule has 0 atom stereocenters. The molecule has 1 N–H and O–H groups in total. The van der Waals surface area contributed by atoms with Gasteiger partial charge in [0.15, 0.2) is 0 Å². The van der Waals surface area contributed by atoms with Crippen LogP contribution in [0.15, 0.2) is 65.6 Å². The lowest BCUT2D eigenvalue weighted by Gasteiger charge is -2.18. The van der Waals surface area contributed by atoms with Crippen molar-refractivity contribution in [2.75, 3.05) is 16.2 Å². The first kappa shape index (κ1) is 20.4. The van der Waals surface area contributed by atoms with Crippen LogP contribution in [-0.4, -0.2) is 20.9 Å². The SMILES string of the molecule is Cc1ccc(C(=O)N2CCc3cc(S(=O)(=O)Nc4ccc(C)c(Cl)c4)ccc32)cc1. The molecule has 3 aromatic carbocycles. The summed E-state index contributed by atoms with van der Waals surface area (Å²) in [4.78, 5) is 14.7. The molecule has 0 fully saturated rings. The molecule has 1 amide bonds. The lowest BCUT2D eigenvalue weighted by molar-refractivity contribution is 0.0989. The molecule has 1 aliphatic heterocycles. The van der Waals surface area contributed by atoms with Crippen LogP contribution in [0.25, 0.3) is 0 Å². The first-order valence-corrected chi connectivity index (χ1v) is 11.4. The van der Waals surface area contributed by atoms with Gasteiger partial charge in [0.2, 0.25) is 0 Å². The minimum absolute atomic E-state index is 0.0863. The van der Waals surface area contributed by atoms with E-state index in [0.29, 0.717) is 29.2 Å². The summed E-state index contributed by atoms with van der Waals surface area (Å²) in [6, 6.07) is 17.3. The number of amides is 1. The van der Waals surface area contributed by atoms with E-state index >= 15 is 0 Å². The summed E-state index contributed by atoms with van der Waals surface area (Å²) < 4.78 is 28.2. The third-order valence-electron chi connectivity index (χ3n) is 5.22. The quantitative estimate of drug-likeness (QED) is 0.623. The van der Waals surface area contributed by atoms with Gasteiger partial charge in [-0.2, -0.15) is 0 Å². The zero-order valence-electron chi connectivity index (χ0n) is 16.6. The van der Waals surface area contributed by atoms with E-state index in [1.165, 1.54) is 6.07 Å². The Morgan fingerprint density at radius 3 is 2.43 bits per heavy atom. The Bertz CT molecular complexity index is 1240. The molecule has 1 aliphatic rings. The van der Waals surface area contributed by atoms with E-state index in [-0.39, 0.29) is 10.8 Å². The number of nitrogens with zero attached hydrogens (tertiary/aromatic N) is 1. The Morgan fingerprint density at radius 1 is 1.00 bits per heavy atom. The highest BCUT2D eigenvalue weighted by Gasteiger charge is 2.27. The highest BCUT2D eigenvalue weighted by molar-refractivity contribution is 7.92. The standard InChI is InChI=1S/C23H21ClN2O3S/c1-15-3-6-17(7-4-15)23(27)26-12-11-18-13-20(9-10-22(18)26)30(28,29)25-19-8-5-16(2)21(24)14-19/h3-10,13-14,25H,11-12H2,1-2H3. The van der Waals surface area contributed by atoms with Crippen molar-refractivity contribution in [3.05, 3.63) is 87.9 Å². The van der Waals surface area contributed by atoms with Gasteiger partial charge in [-0.25, -0.2) is 8.42 Å². The molecule has 30 heavy (non-hydrogen) atoms. The van der Waals surface area contributed by atoms with Crippen molar-refractivity contribution in [3.8, 4) is 0 Å². The van der Waals surface area contributed by atoms with E-state index < -0.39 is 10.0 Å².